The molecule has 3 aromatic carbocycles. The average molecular weight is 598 g/mol. The number of nitrogens with two attached hydrogens (primary N) is 1. The van der Waals surface area contributed by atoms with Gasteiger partial charge in [-0.2, -0.15) is 0 Å². The Morgan fingerprint density at radius 3 is 2.24 bits per heavy atom. The van der Waals surface area contributed by atoms with E-state index in [1.54, 1.807) is 67.8 Å². The molecule has 1 aromatic heterocycles. The van der Waals surface area contributed by atoms with Crippen LogP contribution in [-0.2, 0) is 19.7 Å². The number of nitrogen functional groups attached to an aromatic ring is 1. The Morgan fingerprint density at radius 1 is 0.902 bits per heavy atom. The molecule has 0 amide bonds. The third-order valence-corrected chi connectivity index (χ3v) is 9.36. The van der Waals surface area contributed by atoms with E-state index < -0.39 is 19.7 Å². The van der Waals surface area contributed by atoms with E-state index in [2.05, 4.69) is 10.3 Å². The Kier molecular flexibility index (Phi) is 9.46. The van der Waals surface area contributed by atoms with Crippen LogP contribution < -0.4 is 15.8 Å². The van der Waals surface area contributed by atoms with Gasteiger partial charge in [0.15, 0.2) is 5.82 Å². The molecule has 0 fully saturated rings. The van der Waals surface area contributed by atoms with Gasteiger partial charge in [-0.05, 0) is 75.0 Å². The number of methoxy groups -OCH3 is 1. The second-order valence-corrected chi connectivity index (χ2v) is 14.1. The van der Waals surface area contributed by atoms with E-state index in [0.29, 0.717) is 41.1 Å². The van der Waals surface area contributed by atoms with Gasteiger partial charge in [0, 0.05) is 30.3 Å². The van der Waals surface area contributed by atoms with Crippen molar-refractivity contribution in [3.8, 4) is 17.1 Å². The molecule has 218 valence electrons. The largest absolute Gasteiger partial charge is 0.495 e. The summed E-state index contributed by atoms with van der Waals surface area (Å²) < 4.78 is 54.2. The summed E-state index contributed by atoms with van der Waals surface area (Å²) in [5, 5.41) is 4.04. The fourth-order valence-electron chi connectivity index (χ4n) is 4.30. The predicted molar refractivity (Wildman–Crippen MR) is 163 cm³/mol. The molecule has 0 saturated carbocycles. The minimum absolute atomic E-state index is 0.153. The molecule has 0 bridgehead atoms. The maximum absolute atomic E-state index is 12.9. The van der Waals surface area contributed by atoms with Gasteiger partial charge in [0.05, 0.1) is 33.9 Å². The lowest BCUT2D eigenvalue weighted by molar-refractivity contribution is 0.345. The first kappa shape index (κ1) is 30.2. The summed E-state index contributed by atoms with van der Waals surface area (Å²) in [5.41, 5.74) is 8.32. The van der Waals surface area contributed by atoms with E-state index in [-0.39, 0.29) is 21.4 Å². The summed E-state index contributed by atoms with van der Waals surface area (Å²) >= 11 is 0. The number of aromatic nitrogens is 2. The third kappa shape index (κ3) is 7.72. The Labute approximate surface area is 241 Å². The second kappa shape index (κ2) is 12.8. The van der Waals surface area contributed by atoms with Crippen LogP contribution in [0.3, 0.4) is 0 Å². The van der Waals surface area contributed by atoms with Crippen molar-refractivity contribution in [2.45, 2.75) is 22.6 Å². The van der Waals surface area contributed by atoms with E-state index in [1.165, 1.54) is 6.26 Å². The van der Waals surface area contributed by atoms with E-state index in [4.69, 9.17) is 15.5 Å². The number of hydrogen-bond donors (Lipinski definition) is 2. The molecule has 0 radical (unpaired) electrons. The zero-order chi connectivity index (χ0) is 29.6. The summed E-state index contributed by atoms with van der Waals surface area (Å²) in [5.74, 6) is 1.43. The lowest BCUT2D eigenvalue weighted by Gasteiger charge is -2.16. The van der Waals surface area contributed by atoms with Crippen molar-refractivity contribution in [2.75, 3.05) is 56.9 Å². The zero-order valence-corrected chi connectivity index (χ0v) is 25.0. The van der Waals surface area contributed by atoms with Crippen LogP contribution in [0.25, 0.3) is 22.3 Å². The summed E-state index contributed by atoms with van der Waals surface area (Å²) in [4.78, 5) is 11.6. The molecule has 0 spiro atoms. The van der Waals surface area contributed by atoms with Crippen LogP contribution in [0.4, 0.5) is 11.5 Å². The molecule has 0 unspecified atom stereocenters. The van der Waals surface area contributed by atoms with E-state index in [1.807, 2.05) is 18.0 Å². The number of nitrogens with one attached hydrogen (secondary N) is 1. The molecular formula is C29H35N5O5S2. The number of rotatable bonds is 13. The minimum atomic E-state index is -3.64. The minimum Gasteiger partial charge on any atom is -0.495 e. The number of hydrogen-bond acceptors (Lipinski definition) is 10. The molecule has 0 saturated heterocycles. The highest BCUT2D eigenvalue weighted by Crippen LogP contribution is 2.33. The van der Waals surface area contributed by atoms with Gasteiger partial charge < -0.3 is 20.7 Å². The number of benzene rings is 3. The van der Waals surface area contributed by atoms with Gasteiger partial charge >= 0.3 is 0 Å². The van der Waals surface area contributed by atoms with E-state index in [9.17, 15) is 16.8 Å². The van der Waals surface area contributed by atoms with Crippen molar-refractivity contribution >= 4 is 42.1 Å². The molecular weight excluding hydrogens is 562 g/mol. The normalized spacial score (nSPS) is 12.1. The molecule has 0 aliphatic heterocycles. The first-order valence-corrected chi connectivity index (χ1v) is 16.7. The number of ether oxygens (including phenoxy) is 1. The molecule has 10 nitrogen and oxygen atoms in total. The third-order valence-electron chi connectivity index (χ3n) is 6.65. The molecule has 0 aliphatic rings. The van der Waals surface area contributed by atoms with Crippen molar-refractivity contribution in [3.05, 3.63) is 66.7 Å². The topological polar surface area (TPSA) is 145 Å². The molecule has 4 aromatic rings. The monoisotopic (exact) mass is 597 g/mol. The van der Waals surface area contributed by atoms with E-state index >= 15 is 0 Å². The van der Waals surface area contributed by atoms with Crippen LogP contribution in [0, 0.1) is 0 Å². The van der Waals surface area contributed by atoms with Gasteiger partial charge in [0.1, 0.15) is 21.4 Å². The number of anilines is 2. The molecule has 41 heavy (non-hydrogen) atoms. The van der Waals surface area contributed by atoms with Gasteiger partial charge in [-0.15, -0.1) is 0 Å². The van der Waals surface area contributed by atoms with Crippen LogP contribution in [0.5, 0.6) is 5.75 Å². The summed E-state index contributed by atoms with van der Waals surface area (Å²) in [6.07, 6.45) is 3.02. The van der Waals surface area contributed by atoms with Gasteiger partial charge in [-0.25, -0.2) is 26.8 Å². The van der Waals surface area contributed by atoms with Crippen LogP contribution in [-0.4, -0.2) is 77.5 Å². The fourth-order valence-corrected chi connectivity index (χ4v) is 6.22. The summed E-state index contributed by atoms with van der Waals surface area (Å²) in [6, 6.07) is 18.4. The van der Waals surface area contributed by atoms with Crippen molar-refractivity contribution in [2.24, 2.45) is 0 Å². The second-order valence-electron chi connectivity index (χ2n) is 9.91. The molecule has 12 heteroatoms. The van der Waals surface area contributed by atoms with Crippen molar-refractivity contribution in [1.82, 2.24) is 14.9 Å². The van der Waals surface area contributed by atoms with E-state index in [0.717, 1.165) is 25.1 Å². The van der Waals surface area contributed by atoms with Crippen LogP contribution in [0.2, 0.25) is 0 Å². The smallest absolute Gasteiger partial charge is 0.206 e. The Hall–Kier alpha value is -3.74. The first-order valence-electron chi connectivity index (χ1n) is 13.1. The van der Waals surface area contributed by atoms with Crippen molar-refractivity contribution in [1.29, 1.82) is 0 Å². The highest BCUT2D eigenvalue weighted by Gasteiger charge is 2.18. The van der Waals surface area contributed by atoms with Crippen LogP contribution in [0.15, 0.2) is 76.5 Å². The van der Waals surface area contributed by atoms with Gasteiger partial charge in [-0.3, -0.25) is 0 Å². The standard InChI is InChI=1S/C29H35N5O5S2/c1-34(17-18-40(3,35)36)16-8-7-15-31-26-20-25-24(19-27(26)39-2)28(30)33-29(32-25)21-11-13-23(14-12-21)41(37,38)22-9-5-4-6-10-22/h4-6,9-14,19-20,31H,7-8,15-18H2,1-3H3,(H2,30,32,33). The summed E-state index contributed by atoms with van der Waals surface area (Å²) in [7, 11) is -3.10. The average Bonchev–Trinajstić information content (AvgIpc) is 2.95. The highest BCUT2D eigenvalue weighted by atomic mass is 32.2. The molecule has 0 aliphatic carbocycles. The van der Waals surface area contributed by atoms with Gasteiger partial charge in [0.2, 0.25) is 9.84 Å². The SMILES string of the molecule is COc1cc2c(N)nc(-c3ccc(S(=O)(=O)c4ccccc4)cc3)nc2cc1NCCCCN(C)CCS(C)(=O)=O. The number of fused-ring (bicyclic) bond motifs is 1. The maximum atomic E-state index is 12.9. The zero-order valence-electron chi connectivity index (χ0n) is 23.4. The first-order chi connectivity index (χ1) is 19.5. The molecule has 3 N–H and O–H groups in total. The van der Waals surface area contributed by atoms with Gasteiger partial charge in [0.25, 0.3) is 0 Å². The molecule has 0 atom stereocenters. The quantitative estimate of drug-likeness (QED) is 0.218. The number of nitrogens with zero attached hydrogens (tertiary/aromatic N) is 3. The highest BCUT2D eigenvalue weighted by molar-refractivity contribution is 7.91. The fraction of sp³-hybridized carbons (Fsp3) is 0.310. The van der Waals surface area contributed by atoms with Crippen molar-refractivity contribution < 1.29 is 21.6 Å². The van der Waals surface area contributed by atoms with Crippen LogP contribution >= 0.6 is 0 Å². The predicted octanol–water partition coefficient (Wildman–Crippen LogP) is 3.89. The number of sulfone groups is 2. The Balaban J connectivity index is 1.48. The molecule has 1 heterocycles. The summed E-state index contributed by atoms with van der Waals surface area (Å²) in [6.45, 7) is 2.00. The number of unbranched alkanes of at least 4 members (excludes halogenated alkanes) is 1. The molecule has 4 rings (SSSR count). The maximum Gasteiger partial charge on any atom is 0.206 e. The van der Waals surface area contributed by atoms with Crippen molar-refractivity contribution in [3.63, 3.8) is 0 Å². The van der Waals surface area contributed by atoms with Crippen LogP contribution in [0.1, 0.15) is 12.8 Å². The Bertz CT molecular complexity index is 1710. The van der Waals surface area contributed by atoms with Gasteiger partial charge in [-0.1, -0.05) is 18.2 Å². The Morgan fingerprint density at radius 2 is 1.59 bits per heavy atom. The lowest BCUT2D eigenvalue weighted by atomic mass is 10.1. The lowest BCUT2D eigenvalue weighted by Crippen LogP contribution is -2.26.